The van der Waals surface area contributed by atoms with Crippen molar-refractivity contribution in [2.45, 2.75) is 31.1 Å². The molecule has 17 heavy (non-hydrogen) atoms. The van der Waals surface area contributed by atoms with Crippen LogP contribution in [-0.2, 0) is 4.79 Å². The summed E-state index contributed by atoms with van der Waals surface area (Å²) in [5, 5.41) is 0.701. The molecule has 0 spiro atoms. The normalized spacial score (nSPS) is 23.4. The van der Waals surface area contributed by atoms with E-state index >= 15 is 0 Å². The van der Waals surface area contributed by atoms with Gasteiger partial charge in [0.2, 0.25) is 5.91 Å². The van der Waals surface area contributed by atoms with Crippen LogP contribution in [0.2, 0.25) is 0 Å². The summed E-state index contributed by atoms with van der Waals surface area (Å²) in [5.41, 5.74) is 5.82. The molecule has 1 rings (SSSR count). The first kappa shape index (κ1) is 14.8. The van der Waals surface area contributed by atoms with E-state index in [9.17, 15) is 4.79 Å². The number of carbonyl (C=O) groups excluding carboxylic acids is 1. The van der Waals surface area contributed by atoms with E-state index in [4.69, 9.17) is 5.73 Å². The topological polar surface area (TPSA) is 49.6 Å². The Labute approximate surface area is 109 Å². The van der Waals surface area contributed by atoms with Crippen molar-refractivity contribution in [2.24, 2.45) is 5.73 Å². The highest BCUT2D eigenvalue weighted by atomic mass is 32.2. The lowest BCUT2D eigenvalue weighted by atomic mass is 10.1. The van der Waals surface area contributed by atoms with Gasteiger partial charge in [0.05, 0.1) is 0 Å². The molecule has 1 aliphatic rings. The van der Waals surface area contributed by atoms with Crippen molar-refractivity contribution in [3.05, 3.63) is 0 Å². The number of amides is 1. The molecular formula is C12H25N3OS. The van der Waals surface area contributed by atoms with Crippen molar-refractivity contribution in [1.29, 1.82) is 0 Å². The van der Waals surface area contributed by atoms with E-state index in [-0.39, 0.29) is 11.9 Å². The monoisotopic (exact) mass is 259 g/mol. The summed E-state index contributed by atoms with van der Waals surface area (Å²) in [6, 6.07) is 0.208. The fraction of sp³-hybridized carbons (Fsp3) is 0.917. The van der Waals surface area contributed by atoms with Gasteiger partial charge in [-0.3, -0.25) is 9.69 Å². The zero-order valence-electron chi connectivity index (χ0n) is 11.2. The van der Waals surface area contributed by atoms with E-state index in [0.29, 0.717) is 18.2 Å². The van der Waals surface area contributed by atoms with Crippen LogP contribution >= 0.6 is 11.8 Å². The van der Waals surface area contributed by atoms with Crippen LogP contribution in [0.3, 0.4) is 0 Å². The quantitative estimate of drug-likeness (QED) is 0.786. The maximum atomic E-state index is 11.7. The minimum atomic E-state index is 0.173. The highest BCUT2D eigenvalue weighted by Crippen LogP contribution is 2.23. The Morgan fingerprint density at radius 2 is 2.29 bits per heavy atom. The lowest BCUT2D eigenvalue weighted by Crippen LogP contribution is -2.49. The lowest BCUT2D eigenvalue weighted by Gasteiger charge is -2.37. The van der Waals surface area contributed by atoms with Gasteiger partial charge < -0.3 is 10.6 Å². The standard InChI is InChI=1S/C12H25N3OS/c1-4-11-9-15(5-6-17-11)10(8-13)7-12(16)14(2)3/h10-11H,4-9,13H2,1-3H3. The number of nitrogens with two attached hydrogens (primary N) is 1. The van der Waals surface area contributed by atoms with Gasteiger partial charge in [-0.25, -0.2) is 0 Å². The number of carbonyl (C=O) groups is 1. The van der Waals surface area contributed by atoms with Crippen molar-refractivity contribution >= 4 is 17.7 Å². The maximum absolute atomic E-state index is 11.7. The second-order valence-electron chi connectivity index (χ2n) is 4.78. The third kappa shape index (κ3) is 4.48. The van der Waals surface area contributed by atoms with Gasteiger partial charge in [0, 0.05) is 57.2 Å². The molecule has 4 nitrogen and oxygen atoms in total. The van der Waals surface area contributed by atoms with Gasteiger partial charge in [-0.05, 0) is 6.42 Å². The molecule has 0 aliphatic carbocycles. The summed E-state index contributed by atoms with van der Waals surface area (Å²) < 4.78 is 0. The van der Waals surface area contributed by atoms with E-state index in [2.05, 4.69) is 11.8 Å². The molecule has 0 aromatic rings. The zero-order chi connectivity index (χ0) is 12.8. The second kappa shape index (κ2) is 7.24. The Morgan fingerprint density at radius 1 is 1.59 bits per heavy atom. The zero-order valence-corrected chi connectivity index (χ0v) is 12.0. The van der Waals surface area contributed by atoms with Crippen LogP contribution in [0, 0.1) is 0 Å². The van der Waals surface area contributed by atoms with Gasteiger partial charge in [0.25, 0.3) is 0 Å². The Balaban J connectivity index is 2.51. The molecule has 1 aliphatic heterocycles. The Bertz CT molecular complexity index is 248. The maximum Gasteiger partial charge on any atom is 0.223 e. The number of hydrogen-bond acceptors (Lipinski definition) is 4. The van der Waals surface area contributed by atoms with Crippen LogP contribution in [0.15, 0.2) is 0 Å². The van der Waals surface area contributed by atoms with Crippen LogP contribution in [0.25, 0.3) is 0 Å². The molecule has 0 aromatic heterocycles. The van der Waals surface area contributed by atoms with E-state index < -0.39 is 0 Å². The Kier molecular flexibility index (Phi) is 6.30. The van der Waals surface area contributed by atoms with Crippen LogP contribution in [0.4, 0.5) is 0 Å². The number of nitrogens with zero attached hydrogens (tertiary/aromatic N) is 2. The van der Waals surface area contributed by atoms with E-state index in [1.54, 1.807) is 19.0 Å². The van der Waals surface area contributed by atoms with Crippen LogP contribution < -0.4 is 5.73 Å². The van der Waals surface area contributed by atoms with Crippen molar-refractivity contribution in [2.75, 3.05) is 39.5 Å². The minimum absolute atomic E-state index is 0.173. The average molecular weight is 259 g/mol. The molecule has 0 bridgehead atoms. The molecular weight excluding hydrogens is 234 g/mol. The van der Waals surface area contributed by atoms with E-state index in [1.807, 2.05) is 11.8 Å². The molecule has 2 unspecified atom stereocenters. The molecule has 1 amide bonds. The van der Waals surface area contributed by atoms with Gasteiger partial charge in [-0.1, -0.05) is 6.92 Å². The van der Waals surface area contributed by atoms with E-state index in [0.717, 1.165) is 18.8 Å². The fourth-order valence-electron chi connectivity index (χ4n) is 2.07. The largest absolute Gasteiger partial charge is 0.349 e. The van der Waals surface area contributed by atoms with Crippen molar-refractivity contribution in [3.63, 3.8) is 0 Å². The smallest absolute Gasteiger partial charge is 0.223 e. The summed E-state index contributed by atoms with van der Waals surface area (Å²) in [7, 11) is 3.60. The molecule has 1 heterocycles. The van der Waals surface area contributed by atoms with E-state index in [1.165, 1.54) is 6.42 Å². The predicted molar refractivity (Wildman–Crippen MR) is 74.3 cm³/mol. The molecule has 2 N–H and O–H groups in total. The summed E-state index contributed by atoms with van der Waals surface area (Å²) in [4.78, 5) is 15.8. The Morgan fingerprint density at radius 3 is 2.82 bits per heavy atom. The van der Waals surface area contributed by atoms with Crippen molar-refractivity contribution in [1.82, 2.24) is 9.80 Å². The predicted octanol–water partition coefficient (Wildman–Crippen LogP) is 0.619. The molecule has 0 aromatic carbocycles. The van der Waals surface area contributed by atoms with Gasteiger partial charge in [0.15, 0.2) is 0 Å². The summed E-state index contributed by atoms with van der Waals surface area (Å²) in [5.74, 6) is 1.33. The molecule has 100 valence electrons. The highest BCUT2D eigenvalue weighted by Gasteiger charge is 2.26. The highest BCUT2D eigenvalue weighted by molar-refractivity contribution is 8.00. The third-order valence-corrected chi connectivity index (χ3v) is 4.70. The summed E-state index contributed by atoms with van der Waals surface area (Å²) in [6.07, 6.45) is 1.74. The first-order valence-electron chi connectivity index (χ1n) is 6.34. The molecule has 5 heteroatoms. The lowest BCUT2D eigenvalue weighted by molar-refractivity contribution is -0.129. The van der Waals surface area contributed by atoms with Gasteiger partial charge >= 0.3 is 0 Å². The van der Waals surface area contributed by atoms with Gasteiger partial charge in [0.1, 0.15) is 0 Å². The third-order valence-electron chi connectivity index (χ3n) is 3.32. The Hall–Kier alpha value is -0.260. The molecule has 2 atom stereocenters. The summed E-state index contributed by atoms with van der Waals surface area (Å²) >= 11 is 2.04. The van der Waals surface area contributed by atoms with Crippen LogP contribution in [0.1, 0.15) is 19.8 Å². The van der Waals surface area contributed by atoms with Crippen LogP contribution in [-0.4, -0.2) is 66.5 Å². The first-order chi connectivity index (χ1) is 8.08. The van der Waals surface area contributed by atoms with Crippen molar-refractivity contribution in [3.8, 4) is 0 Å². The first-order valence-corrected chi connectivity index (χ1v) is 7.39. The molecule has 1 fully saturated rings. The van der Waals surface area contributed by atoms with Crippen LogP contribution in [0.5, 0.6) is 0 Å². The summed E-state index contributed by atoms with van der Waals surface area (Å²) in [6.45, 7) is 4.93. The van der Waals surface area contributed by atoms with Crippen molar-refractivity contribution < 1.29 is 4.79 Å². The van der Waals surface area contributed by atoms with Gasteiger partial charge in [-0.15, -0.1) is 0 Å². The fourth-order valence-corrected chi connectivity index (χ4v) is 3.27. The molecule has 0 saturated carbocycles. The number of hydrogen-bond donors (Lipinski definition) is 1. The average Bonchev–Trinajstić information content (AvgIpc) is 2.35. The SMILES string of the molecule is CCC1CN(C(CN)CC(=O)N(C)C)CCS1. The van der Waals surface area contributed by atoms with Gasteiger partial charge in [-0.2, -0.15) is 11.8 Å². The second-order valence-corrected chi connectivity index (χ2v) is 6.19. The number of rotatable bonds is 5. The molecule has 0 radical (unpaired) electrons. The minimum Gasteiger partial charge on any atom is -0.349 e. The molecule has 1 saturated heterocycles. The number of thioether (sulfide) groups is 1.